The normalized spacial score (nSPS) is 18.6. The van der Waals surface area contributed by atoms with E-state index in [-0.39, 0.29) is 0 Å². The highest BCUT2D eigenvalue weighted by Gasteiger charge is 2.18. The van der Waals surface area contributed by atoms with Gasteiger partial charge >= 0.3 is 0 Å². The predicted octanol–water partition coefficient (Wildman–Crippen LogP) is 3.34. The molecule has 0 aliphatic heterocycles. The molecule has 0 spiro atoms. The molecule has 0 saturated heterocycles. The molecule has 16 heavy (non-hydrogen) atoms. The van der Waals surface area contributed by atoms with Crippen molar-refractivity contribution in [2.45, 2.75) is 57.9 Å². The van der Waals surface area contributed by atoms with Crippen molar-refractivity contribution in [2.75, 3.05) is 5.32 Å². The lowest BCUT2D eigenvalue weighted by atomic mass is 10.0. The van der Waals surface area contributed by atoms with Crippen LogP contribution in [0.2, 0.25) is 0 Å². The zero-order valence-corrected chi connectivity index (χ0v) is 10.2. The smallest absolute Gasteiger partial charge is 0.129 e. The van der Waals surface area contributed by atoms with Crippen molar-refractivity contribution >= 4 is 5.82 Å². The van der Waals surface area contributed by atoms with E-state index < -0.39 is 0 Å². The first-order chi connectivity index (χ1) is 7.79. The summed E-state index contributed by atoms with van der Waals surface area (Å²) >= 11 is 0. The topological polar surface area (TPSA) is 37.8 Å². The number of rotatable bonds is 4. The van der Waals surface area contributed by atoms with Gasteiger partial charge in [-0.3, -0.25) is 0 Å². The standard InChI is InChI=1S/C13H21N3/c1-3-10(2)16-13-8-12(14-9-15-13)11-6-4-5-7-11/h8-11H,3-7H2,1-2H3,(H,14,15,16). The van der Waals surface area contributed by atoms with E-state index in [9.17, 15) is 0 Å². The average molecular weight is 219 g/mol. The molecule has 1 aromatic rings. The zero-order valence-electron chi connectivity index (χ0n) is 10.2. The highest BCUT2D eigenvalue weighted by atomic mass is 15.0. The number of hydrogen-bond acceptors (Lipinski definition) is 3. The lowest BCUT2D eigenvalue weighted by molar-refractivity contribution is 0.691. The summed E-state index contributed by atoms with van der Waals surface area (Å²) in [5.41, 5.74) is 1.22. The molecule has 1 aromatic heterocycles. The Morgan fingerprint density at radius 1 is 1.38 bits per heavy atom. The molecule has 1 saturated carbocycles. The van der Waals surface area contributed by atoms with E-state index in [1.54, 1.807) is 6.33 Å². The van der Waals surface area contributed by atoms with Gasteiger partial charge in [-0.25, -0.2) is 9.97 Å². The second kappa shape index (κ2) is 5.28. The monoisotopic (exact) mass is 219 g/mol. The van der Waals surface area contributed by atoms with E-state index in [0.717, 1.165) is 12.2 Å². The Balaban J connectivity index is 2.06. The maximum absolute atomic E-state index is 4.40. The van der Waals surface area contributed by atoms with Crippen LogP contribution in [0.15, 0.2) is 12.4 Å². The van der Waals surface area contributed by atoms with Crippen molar-refractivity contribution < 1.29 is 0 Å². The van der Waals surface area contributed by atoms with Gasteiger partial charge in [-0.1, -0.05) is 19.8 Å². The number of nitrogens with one attached hydrogen (secondary N) is 1. The van der Waals surface area contributed by atoms with Crippen LogP contribution in [0.1, 0.15) is 57.6 Å². The molecule has 0 aromatic carbocycles. The first-order valence-electron chi connectivity index (χ1n) is 6.38. The van der Waals surface area contributed by atoms with Crippen LogP contribution in [-0.4, -0.2) is 16.0 Å². The fourth-order valence-electron chi connectivity index (χ4n) is 2.25. The van der Waals surface area contributed by atoms with Crippen LogP contribution in [0, 0.1) is 0 Å². The molecule has 88 valence electrons. The van der Waals surface area contributed by atoms with Gasteiger partial charge in [-0.05, 0) is 26.2 Å². The number of aromatic nitrogens is 2. The van der Waals surface area contributed by atoms with Gasteiger partial charge < -0.3 is 5.32 Å². The molecule has 1 N–H and O–H groups in total. The molecular weight excluding hydrogens is 198 g/mol. The van der Waals surface area contributed by atoms with Crippen molar-refractivity contribution in [2.24, 2.45) is 0 Å². The van der Waals surface area contributed by atoms with E-state index in [1.165, 1.54) is 31.4 Å². The first-order valence-corrected chi connectivity index (χ1v) is 6.38. The van der Waals surface area contributed by atoms with E-state index in [2.05, 4.69) is 35.2 Å². The molecule has 1 aliphatic carbocycles. The Morgan fingerprint density at radius 2 is 2.12 bits per heavy atom. The number of nitrogens with zero attached hydrogens (tertiary/aromatic N) is 2. The maximum atomic E-state index is 4.40. The fraction of sp³-hybridized carbons (Fsp3) is 0.692. The molecule has 1 aliphatic rings. The molecule has 1 unspecified atom stereocenters. The summed E-state index contributed by atoms with van der Waals surface area (Å²) in [6, 6.07) is 2.61. The Bertz CT molecular complexity index is 332. The van der Waals surface area contributed by atoms with Crippen molar-refractivity contribution in [3.05, 3.63) is 18.1 Å². The molecule has 1 heterocycles. The quantitative estimate of drug-likeness (QED) is 0.844. The third-order valence-electron chi connectivity index (χ3n) is 3.47. The van der Waals surface area contributed by atoms with Crippen molar-refractivity contribution in [3.63, 3.8) is 0 Å². The molecule has 1 atom stereocenters. The summed E-state index contributed by atoms with van der Waals surface area (Å²) in [6.07, 6.45) is 8.09. The molecule has 3 nitrogen and oxygen atoms in total. The number of anilines is 1. The van der Waals surface area contributed by atoms with Gasteiger partial charge in [0.15, 0.2) is 0 Å². The maximum Gasteiger partial charge on any atom is 0.129 e. The second-order valence-corrected chi connectivity index (χ2v) is 4.76. The van der Waals surface area contributed by atoms with Crippen LogP contribution in [0.4, 0.5) is 5.82 Å². The SMILES string of the molecule is CCC(C)Nc1cc(C2CCCC2)ncn1. The minimum Gasteiger partial charge on any atom is -0.368 e. The van der Waals surface area contributed by atoms with Crippen molar-refractivity contribution in [1.82, 2.24) is 9.97 Å². The van der Waals surface area contributed by atoms with Gasteiger partial charge in [0.25, 0.3) is 0 Å². The summed E-state index contributed by atoms with van der Waals surface area (Å²) in [7, 11) is 0. The Kier molecular flexibility index (Phi) is 3.75. The minimum atomic E-state index is 0.478. The Hall–Kier alpha value is -1.12. The Morgan fingerprint density at radius 3 is 2.81 bits per heavy atom. The van der Waals surface area contributed by atoms with Crippen molar-refractivity contribution in [1.29, 1.82) is 0 Å². The molecule has 0 bridgehead atoms. The molecule has 3 heteroatoms. The van der Waals surface area contributed by atoms with Gasteiger partial charge in [-0.15, -0.1) is 0 Å². The molecule has 2 rings (SSSR count). The van der Waals surface area contributed by atoms with Crippen LogP contribution in [0.25, 0.3) is 0 Å². The summed E-state index contributed by atoms with van der Waals surface area (Å²) in [5, 5.41) is 3.40. The molecule has 0 radical (unpaired) electrons. The molecule has 1 fully saturated rings. The highest BCUT2D eigenvalue weighted by Crippen LogP contribution is 2.33. The summed E-state index contributed by atoms with van der Waals surface area (Å²) < 4.78 is 0. The third-order valence-corrected chi connectivity index (χ3v) is 3.47. The van der Waals surface area contributed by atoms with Crippen LogP contribution in [0.5, 0.6) is 0 Å². The van der Waals surface area contributed by atoms with Crippen molar-refractivity contribution in [3.8, 4) is 0 Å². The van der Waals surface area contributed by atoms with Crippen LogP contribution < -0.4 is 5.32 Å². The molecular formula is C13H21N3. The van der Waals surface area contributed by atoms with Crippen LogP contribution >= 0.6 is 0 Å². The Labute approximate surface area is 97.7 Å². The van der Waals surface area contributed by atoms with E-state index >= 15 is 0 Å². The zero-order chi connectivity index (χ0) is 11.4. The van der Waals surface area contributed by atoms with Crippen LogP contribution in [-0.2, 0) is 0 Å². The average Bonchev–Trinajstić information content (AvgIpc) is 2.83. The van der Waals surface area contributed by atoms with Gasteiger partial charge in [0.05, 0.1) is 0 Å². The molecule has 0 amide bonds. The first kappa shape index (κ1) is 11.4. The summed E-state index contributed by atoms with van der Waals surface area (Å²) in [4.78, 5) is 8.68. The van der Waals surface area contributed by atoms with E-state index in [4.69, 9.17) is 0 Å². The lowest BCUT2D eigenvalue weighted by Crippen LogP contribution is -2.15. The third kappa shape index (κ3) is 2.71. The highest BCUT2D eigenvalue weighted by molar-refractivity contribution is 5.36. The van der Waals surface area contributed by atoms with Gasteiger partial charge in [-0.2, -0.15) is 0 Å². The van der Waals surface area contributed by atoms with E-state index in [0.29, 0.717) is 12.0 Å². The van der Waals surface area contributed by atoms with Gasteiger partial charge in [0.1, 0.15) is 12.1 Å². The predicted molar refractivity (Wildman–Crippen MR) is 66.6 cm³/mol. The van der Waals surface area contributed by atoms with Gasteiger partial charge in [0.2, 0.25) is 0 Å². The summed E-state index contributed by atoms with van der Waals surface area (Å²) in [5.74, 6) is 1.65. The summed E-state index contributed by atoms with van der Waals surface area (Å²) in [6.45, 7) is 4.36. The fourth-order valence-corrected chi connectivity index (χ4v) is 2.25. The number of hydrogen-bond donors (Lipinski definition) is 1. The lowest BCUT2D eigenvalue weighted by Gasteiger charge is -2.14. The minimum absolute atomic E-state index is 0.478. The largest absolute Gasteiger partial charge is 0.368 e. The van der Waals surface area contributed by atoms with Gasteiger partial charge in [0, 0.05) is 23.7 Å². The second-order valence-electron chi connectivity index (χ2n) is 4.76. The van der Waals surface area contributed by atoms with Crippen LogP contribution in [0.3, 0.4) is 0 Å². The van der Waals surface area contributed by atoms with E-state index in [1.807, 2.05) is 0 Å².